The van der Waals surface area contributed by atoms with Crippen molar-refractivity contribution in [3.63, 3.8) is 0 Å². The van der Waals surface area contributed by atoms with Gasteiger partial charge in [0.05, 0.1) is 20.8 Å². The molecule has 152 valence electrons. The number of ether oxygens (including phenoxy) is 2. The molecule has 1 aromatic carbocycles. The highest BCUT2D eigenvalue weighted by molar-refractivity contribution is 5.97. The van der Waals surface area contributed by atoms with Crippen LogP contribution in [-0.2, 0) is 7.05 Å². The van der Waals surface area contributed by atoms with Crippen LogP contribution >= 0.6 is 0 Å². The third kappa shape index (κ3) is 5.44. The van der Waals surface area contributed by atoms with Gasteiger partial charge in [-0.25, -0.2) is 4.98 Å². The van der Waals surface area contributed by atoms with E-state index in [1.54, 1.807) is 38.0 Å². The summed E-state index contributed by atoms with van der Waals surface area (Å²) in [7, 11) is 6.73. The van der Waals surface area contributed by atoms with Gasteiger partial charge in [-0.15, -0.1) is 6.42 Å². The van der Waals surface area contributed by atoms with E-state index in [-0.39, 0.29) is 12.5 Å². The molecule has 0 spiro atoms. The summed E-state index contributed by atoms with van der Waals surface area (Å²) in [5, 5.41) is 8.85. The molecule has 0 unspecified atom stereocenters. The number of carbonyl (C=O) groups excluding carboxylic acids is 1. The maximum absolute atomic E-state index is 12.5. The minimum atomic E-state index is -0.316. The Labute approximate surface area is 171 Å². The summed E-state index contributed by atoms with van der Waals surface area (Å²) in [5.74, 6) is 10.2. The van der Waals surface area contributed by atoms with E-state index in [0.29, 0.717) is 41.9 Å². The van der Waals surface area contributed by atoms with Crippen molar-refractivity contribution in [2.75, 3.05) is 46.2 Å². The van der Waals surface area contributed by atoms with Crippen molar-refractivity contribution in [2.24, 2.45) is 7.05 Å². The molecule has 1 heterocycles. The fourth-order valence-corrected chi connectivity index (χ4v) is 2.56. The Bertz CT molecular complexity index is 963. The topological polar surface area (TPSA) is 89.4 Å². The van der Waals surface area contributed by atoms with Crippen molar-refractivity contribution in [3.05, 3.63) is 35.3 Å². The average molecular weight is 395 g/mol. The monoisotopic (exact) mass is 395 g/mol. The van der Waals surface area contributed by atoms with Crippen molar-refractivity contribution in [1.29, 1.82) is 0 Å². The van der Waals surface area contributed by atoms with E-state index < -0.39 is 0 Å². The first-order chi connectivity index (χ1) is 14.0. The molecule has 2 aromatic rings. The zero-order chi connectivity index (χ0) is 21.2. The lowest BCUT2D eigenvalue weighted by atomic mass is 10.2. The first-order valence-corrected chi connectivity index (χ1v) is 8.96. The summed E-state index contributed by atoms with van der Waals surface area (Å²) >= 11 is 0. The largest absolute Gasteiger partial charge is 0.493 e. The molecule has 0 aliphatic heterocycles. The first-order valence-electron chi connectivity index (χ1n) is 8.96. The Hall–Kier alpha value is -3.62. The highest BCUT2D eigenvalue weighted by Crippen LogP contribution is 2.27. The highest BCUT2D eigenvalue weighted by atomic mass is 16.5. The predicted octanol–water partition coefficient (Wildman–Crippen LogP) is 0.831. The van der Waals surface area contributed by atoms with Gasteiger partial charge in [0.2, 0.25) is 0 Å². The second-order valence-electron chi connectivity index (χ2n) is 5.93. The molecule has 0 atom stereocenters. The summed E-state index contributed by atoms with van der Waals surface area (Å²) in [6, 6.07) is 5.38. The number of methoxy groups -OCH3 is 2. The number of benzene rings is 1. The number of terminal acetylenes is 1. The summed E-state index contributed by atoms with van der Waals surface area (Å²) in [4.78, 5) is 17.0. The number of hydrogen-bond acceptors (Lipinski definition) is 6. The molecule has 29 heavy (non-hydrogen) atoms. The number of hydrogen-bond donors (Lipinski definition) is 3. The summed E-state index contributed by atoms with van der Waals surface area (Å²) in [5.41, 5.74) is 1.10. The van der Waals surface area contributed by atoms with Gasteiger partial charge in [0.1, 0.15) is 0 Å². The number of amides is 1. The quantitative estimate of drug-likeness (QED) is 0.453. The lowest BCUT2D eigenvalue weighted by Crippen LogP contribution is -2.27. The Morgan fingerprint density at radius 1 is 1.21 bits per heavy atom. The lowest BCUT2D eigenvalue weighted by Gasteiger charge is -2.07. The molecule has 0 aliphatic carbocycles. The number of nitrogens with one attached hydrogen (secondary N) is 3. The molecule has 3 N–H and O–H groups in total. The van der Waals surface area contributed by atoms with Crippen molar-refractivity contribution < 1.29 is 14.3 Å². The molecule has 2 rings (SSSR count). The SMILES string of the molecule is C#CCNC(=O)c1c(NCCNC)nc(C#Cc2ccc(OC)c(OC)c2)n1C. The number of anilines is 1. The number of aromatic nitrogens is 2. The number of carbonyl (C=O) groups is 1. The number of imidazole rings is 1. The Balaban J connectivity index is 2.37. The molecule has 8 heteroatoms. The van der Waals surface area contributed by atoms with Crippen LogP contribution < -0.4 is 25.4 Å². The molecule has 1 amide bonds. The fourth-order valence-electron chi connectivity index (χ4n) is 2.56. The van der Waals surface area contributed by atoms with E-state index in [0.717, 1.165) is 5.56 Å². The van der Waals surface area contributed by atoms with Crippen LogP contribution in [0.3, 0.4) is 0 Å². The number of nitrogens with zero attached hydrogens (tertiary/aromatic N) is 2. The van der Waals surface area contributed by atoms with E-state index in [1.165, 1.54) is 0 Å². The normalized spacial score (nSPS) is 9.76. The van der Waals surface area contributed by atoms with Gasteiger partial charge in [-0.2, -0.15) is 0 Å². The van der Waals surface area contributed by atoms with Gasteiger partial charge in [-0.05, 0) is 31.2 Å². The molecule has 0 fully saturated rings. The van der Waals surface area contributed by atoms with Crippen LogP contribution in [-0.4, -0.2) is 56.4 Å². The standard InChI is InChI=1S/C21H25N5O3/c1-6-11-24-21(27)19-20(23-13-12-22-2)25-18(26(19)3)10-8-15-7-9-16(28-4)17(14-15)29-5/h1,7,9,14,22-23H,11-13H2,2-5H3,(H,24,27). The van der Waals surface area contributed by atoms with Gasteiger partial charge in [0.15, 0.2) is 28.8 Å². The van der Waals surface area contributed by atoms with E-state index >= 15 is 0 Å². The highest BCUT2D eigenvalue weighted by Gasteiger charge is 2.20. The van der Waals surface area contributed by atoms with Gasteiger partial charge in [0, 0.05) is 25.7 Å². The van der Waals surface area contributed by atoms with E-state index in [9.17, 15) is 4.79 Å². The molecular weight excluding hydrogens is 370 g/mol. The molecule has 0 aliphatic rings. The van der Waals surface area contributed by atoms with Crippen molar-refractivity contribution in [1.82, 2.24) is 20.2 Å². The van der Waals surface area contributed by atoms with E-state index in [4.69, 9.17) is 15.9 Å². The maximum Gasteiger partial charge on any atom is 0.272 e. The van der Waals surface area contributed by atoms with Crippen molar-refractivity contribution in [2.45, 2.75) is 0 Å². The van der Waals surface area contributed by atoms with Crippen LogP contribution in [0.25, 0.3) is 0 Å². The number of likely N-dealkylation sites (N-methyl/N-ethyl adjacent to an activating group) is 1. The lowest BCUT2D eigenvalue weighted by molar-refractivity contribution is 0.0951. The van der Waals surface area contributed by atoms with Crippen LogP contribution in [0.2, 0.25) is 0 Å². The second-order valence-corrected chi connectivity index (χ2v) is 5.93. The Kier molecular flexibility index (Phi) is 7.96. The fraction of sp³-hybridized carbons (Fsp3) is 0.333. The molecule has 0 saturated carbocycles. The van der Waals surface area contributed by atoms with Crippen LogP contribution in [0.5, 0.6) is 11.5 Å². The Morgan fingerprint density at radius 2 is 1.97 bits per heavy atom. The van der Waals surface area contributed by atoms with Crippen molar-refractivity contribution >= 4 is 11.7 Å². The van der Waals surface area contributed by atoms with Crippen LogP contribution in [0, 0.1) is 24.2 Å². The van der Waals surface area contributed by atoms with Gasteiger partial charge >= 0.3 is 0 Å². The maximum atomic E-state index is 12.5. The summed E-state index contributed by atoms with van der Waals surface area (Å²) in [6.45, 7) is 1.45. The minimum Gasteiger partial charge on any atom is -0.493 e. The number of rotatable bonds is 8. The Morgan fingerprint density at radius 3 is 2.62 bits per heavy atom. The molecule has 0 saturated heterocycles. The zero-order valence-electron chi connectivity index (χ0n) is 17.0. The molecule has 1 aromatic heterocycles. The smallest absolute Gasteiger partial charge is 0.272 e. The molecule has 0 bridgehead atoms. The minimum absolute atomic E-state index is 0.132. The third-order valence-corrected chi connectivity index (χ3v) is 4.03. The van der Waals surface area contributed by atoms with Crippen LogP contribution in [0.4, 0.5) is 5.82 Å². The molecule has 0 radical (unpaired) electrons. The van der Waals surface area contributed by atoms with Crippen LogP contribution in [0.15, 0.2) is 18.2 Å². The summed E-state index contributed by atoms with van der Waals surface area (Å²) < 4.78 is 12.2. The second kappa shape index (κ2) is 10.6. The predicted molar refractivity (Wildman–Crippen MR) is 112 cm³/mol. The van der Waals surface area contributed by atoms with Gasteiger partial charge in [-0.1, -0.05) is 11.8 Å². The molecule has 8 nitrogen and oxygen atoms in total. The third-order valence-electron chi connectivity index (χ3n) is 4.03. The summed E-state index contributed by atoms with van der Waals surface area (Å²) in [6.07, 6.45) is 5.24. The van der Waals surface area contributed by atoms with Gasteiger partial charge in [-0.3, -0.25) is 4.79 Å². The van der Waals surface area contributed by atoms with E-state index in [2.05, 4.69) is 38.7 Å². The first kappa shape index (κ1) is 21.7. The van der Waals surface area contributed by atoms with Gasteiger partial charge in [0.25, 0.3) is 5.91 Å². The average Bonchev–Trinajstić information content (AvgIpc) is 3.05. The molecular formula is C21H25N5O3. The van der Waals surface area contributed by atoms with Gasteiger partial charge < -0.3 is 30.0 Å². The van der Waals surface area contributed by atoms with Crippen molar-refractivity contribution in [3.8, 4) is 35.7 Å². The zero-order valence-corrected chi connectivity index (χ0v) is 17.0. The van der Waals surface area contributed by atoms with Crippen LogP contribution in [0.1, 0.15) is 21.9 Å². The van der Waals surface area contributed by atoms with E-state index in [1.807, 2.05) is 13.1 Å².